The van der Waals surface area contributed by atoms with Crippen LogP contribution >= 0.6 is 0 Å². The predicted octanol–water partition coefficient (Wildman–Crippen LogP) is 3.79. The molecule has 122 valence electrons. The SMILES string of the molecule is CC(Nc1cccc2ccccc12)OC(=O)CCCCC(=O)O. The molecule has 0 fully saturated rings. The predicted molar refractivity (Wildman–Crippen MR) is 89.2 cm³/mol. The van der Waals surface area contributed by atoms with Crippen LogP contribution in [0.25, 0.3) is 10.8 Å². The standard InChI is InChI=1S/C18H21NO4/c1-13(23-18(22)12-5-4-11-17(20)21)19-16-10-6-8-14-7-2-3-9-15(14)16/h2-3,6-10,13,19H,4-5,11-12H2,1H3,(H,20,21). The molecular weight excluding hydrogens is 294 g/mol. The monoisotopic (exact) mass is 315 g/mol. The summed E-state index contributed by atoms with van der Waals surface area (Å²) in [5.41, 5.74) is 0.911. The summed E-state index contributed by atoms with van der Waals surface area (Å²) in [4.78, 5) is 22.1. The van der Waals surface area contributed by atoms with Crippen LogP contribution in [0.2, 0.25) is 0 Å². The second-order valence-corrected chi connectivity index (χ2v) is 5.40. The molecule has 0 saturated carbocycles. The van der Waals surface area contributed by atoms with Crippen molar-refractivity contribution in [1.29, 1.82) is 0 Å². The van der Waals surface area contributed by atoms with Crippen LogP contribution < -0.4 is 5.32 Å². The van der Waals surface area contributed by atoms with Gasteiger partial charge in [-0.05, 0) is 31.2 Å². The van der Waals surface area contributed by atoms with Gasteiger partial charge in [-0.3, -0.25) is 9.59 Å². The van der Waals surface area contributed by atoms with Crippen LogP contribution in [0.15, 0.2) is 42.5 Å². The molecule has 0 saturated heterocycles. The van der Waals surface area contributed by atoms with E-state index in [4.69, 9.17) is 9.84 Å². The molecule has 23 heavy (non-hydrogen) atoms. The third kappa shape index (κ3) is 5.29. The Labute approximate surface area is 135 Å². The van der Waals surface area contributed by atoms with Crippen molar-refractivity contribution in [2.45, 2.75) is 38.8 Å². The van der Waals surface area contributed by atoms with E-state index >= 15 is 0 Å². The Hall–Kier alpha value is -2.56. The zero-order valence-electron chi connectivity index (χ0n) is 13.1. The van der Waals surface area contributed by atoms with Gasteiger partial charge in [0.25, 0.3) is 0 Å². The number of hydrogen-bond donors (Lipinski definition) is 2. The van der Waals surface area contributed by atoms with Gasteiger partial charge >= 0.3 is 11.9 Å². The van der Waals surface area contributed by atoms with Crippen molar-refractivity contribution < 1.29 is 19.4 Å². The van der Waals surface area contributed by atoms with E-state index in [1.807, 2.05) is 42.5 Å². The zero-order valence-corrected chi connectivity index (χ0v) is 13.1. The van der Waals surface area contributed by atoms with E-state index in [2.05, 4.69) is 5.32 Å². The highest BCUT2D eigenvalue weighted by Crippen LogP contribution is 2.23. The average Bonchev–Trinajstić information content (AvgIpc) is 2.51. The summed E-state index contributed by atoms with van der Waals surface area (Å²) >= 11 is 0. The number of nitrogens with one attached hydrogen (secondary N) is 1. The van der Waals surface area contributed by atoms with Crippen molar-refractivity contribution in [3.05, 3.63) is 42.5 Å². The molecule has 2 aromatic rings. The lowest BCUT2D eigenvalue weighted by Crippen LogP contribution is -2.23. The van der Waals surface area contributed by atoms with Crippen molar-refractivity contribution in [1.82, 2.24) is 0 Å². The molecule has 0 aliphatic rings. The van der Waals surface area contributed by atoms with Gasteiger partial charge in [0.2, 0.25) is 0 Å². The van der Waals surface area contributed by atoms with E-state index in [1.54, 1.807) is 6.92 Å². The number of hydrogen-bond acceptors (Lipinski definition) is 4. The summed E-state index contributed by atoms with van der Waals surface area (Å²) in [5, 5.41) is 13.9. The van der Waals surface area contributed by atoms with Crippen LogP contribution in [0, 0.1) is 0 Å². The Morgan fingerprint density at radius 2 is 1.78 bits per heavy atom. The third-order valence-electron chi connectivity index (χ3n) is 3.48. The van der Waals surface area contributed by atoms with Crippen LogP contribution in [-0.2, 0) is 14.3 Å². The van der Waals surface area contributed by atoms with E-state index in [0.717, 1.165) is 16.5 Å². The Morgan fingerprint density at radius 1 is 1.09 bits per heavy atom. The number of carboxylic acids is 1. The Morgan fingerprint density at radius 3 is 2.57 bits per heavy atom. The maximum atomic E-state index is 11.7. The highest BCUT2D eigenvalue weighted by atomic mass is 16.6. The first-order chi connectivity index (χ1) is 11.1. The minimum atomic E-state index is -0.843. The summed E-state index contributed by atoms with van der Waals surface area (Å²) in [6.45, 7) is 1.77. The summed E-state index contributed by atoms with van der Waals surface area (Å²) in [6, 6.07) is 13.9. The minimum absolute atomic E-state index is 0.0804. The fourth-order valence-corrected chi connectivity index (χ4v) is 2.40. The number of fused-ring (bicyclic) bond motifs is 1. The molecule has 0 spiro atoms. The molecule has 5 nitrogen and oxygen atoms in total. The highest BCUT2D eigenvalue weighted by molar-refractivity contribution is 5.93. The molecule has 2 N–H and O–H groups in total. The first-order valence-corrected chi connectivity index (χ1v) is 7.72. The van der Waals surface area contributed by atoms with E-state index in [-0.39, 0.29) is 18.8 Å². The first-order valence-electron chi connectivity index (χ1n) is 7.72. The molecule has 0 bridgehead atoms. The lowest BCUT2D eigenvalue weighted by molar-refractivity contribution is -0.147. The quantitative estimate of drug-likeness (QED) is 0.440. The molecule has 0 radical (unpaired) electrons. The molecule has 5 heteroatoms. The van der Waals surface area contributed by atoms with Gasteiger partial charge in [0.15, 0.2) is 6.23 Å². The second-order valence-electron chi connectivity index (χ2n) is 5.40. The van der Waals surface area contributed by atoms with E-state index in [0.29, 0.717) is 12.8 Å². The normalized spacial score (nSPS) is 11.9. The molecule has 2 aromatic carbocycles. The average molecular weight is 315 g/mol. The van der Waals surface area contributed by atoms with Crippen molar-refractivity contribution in [3.8, 4) is 0 Å². The second kappa shape index (κ2) is 8.17. The molecule has 1 atom stereocenters. The van der Waals surface area contributed by atoms with Crippen LogP contribution in [-0.4, -0.2) is 23.3 Å². The third-order valence-corrected chi connectivity index (χ3v) is 3.48. The van der Waals surface area contributed by atoms with Crippen LogP contribution in [0.1, 0.15) is 32.6 Å². The highest BCUT2D eigenvalue weighted by Gasteiger charge is 2.10. The largest absolute Gasteiger partial charge is 0.481 e. The number of carboxylic acid groups (broad SMARTS) is 1. The Balaban J connectivity index is 1.85. The Bertz CT molecular complexity index is 678. The number of anilines is 1. The number of unbranched alkanes of at least 4 members (excludes halogenated alkanes) is 1. The zero-order chi connectivity index (χ0) is 16.7. The molecule has 1 unspecified atom stereocenters. The van der Waals surface area contributed by atoms with Crippen molar-refractivity contribution >= 4 is 28.4 Å². The molecule has 0 aliphatic heterocycles. The van der Waals surface area contributed by atoms with Gasteiger partial charge in [-0.15, -0.1) is 0 Å². The smallest absolute Gasteiger partial charge is 0.307 e. The number of carbonyl (C=O) groups is 2. The summed E-state index contributed by atoms with van der Waals surface area (Å²) in [5.74, 6) is -1.17. The summed E-state index contributed by atoms with van der Waals surface area (Å²) < 4.78 is 5.31. The number of aliphatic carboxylic acids is 1. The maximum absolute atomic E-state index is 11.7. The van der Waals surface area contributed by atoms with Gasteiger partial charge < -0.3 is 15.2 Å². The van der Waals surface area contributed by atoms with Gasteiger partial charge in [0, 0.05) is 23.9 Å². The fraction of sp³-hybridized carbons (Fsp3) is 0.333. The van der Waals surface area contributed by atoms with Gasteiger partial charge in [0.05, 0.1) is 0 Å². The molecule has 0 aromatic heterocycles. The van der Waals surface area contributed by atoms with Crippen LogP contribution in [0.3, 0.4) is 0 Å². The van der Waals surface area contributed by atoms with Gasteiger partial charge in [0.1, 0.15) is 0 Å². The van der Waals surface area contributed by atoms with E-state index in [9.17, 15) is 9.59 Å². The summed E-state index contributed by atoms with van der Waals surface area (Å²) in [6.07, 6.45) is 0.862. The molecule has 0 heterocycles. The van der Waals surface area contributed by atoms with Gasteiger partial charge in [-0.1, -0.05) is 36.4 Å². The van der Waals surface area contributed by atoms with Crippen molar-refractivity contribution in [3.63, 3.8) is 0 Å². The number of carbonyl (C=O) groups excluding carboxylic acids is 1. The van der Waals surface area contributed by atoms with Crippen molar-refractivity contribution in [2.24, 2.45) is 0 Å². The molecule has 2 rings (SSSR count). The fourth-order valence-electron chi connectivity index (χ4n) is 2.40. The van der Waals surface area contributed by atoms with E-state index in [1.165, 1.54) is 0 Å². The van der Waals surface area contributed by atoms with Crippen LogP contribution in [0.5, 0.6) is 0 Å². The number of esters is 1. The van der Waals surface area contributed by atoms with Gasteiger partial charge in [-0.2, -0.15) is 0 Å². The maximum Gasteiger partial charge on any atom is 0.307 e. The lowest BCUT2D eigenvalue weighted by Gasteiger charge is -2.17. The number of benzene rings is 2. The Kier molecular flexibility index (Phi) is 5.97. The molecule has 0 amide bonds. The minimum Gasteiger partial charge on any atom is -0.481 e. The van der Waals surface area contributed by atoms with Crippen molar-refractivity contribution in [2.75, 3.05) is 5.32 Å². The lowest BCUT2D eigenvalue weighted by atomic mass is 10.1. The topological polar surface area (TPSA) is 75.6 Å². The van der Waals surface area contributed by atoms with Crippen LogP contribution in [0.4, 0.5) is 5.69 Å². The molecule has 0 aliphatic carbocycles. The molecular formula is C18H21NO4. The summed E-state index contributed by atoms with van der Waals surface area (Å²) in [7, 11) is 0. The van der Waals surface area contributed by atoms with Gasteiger partial charge in [-0.25, -0.2) is 0 Å². The number of rotatable bonds is 8. The number of ether oxygens (including phenoxy) is 1. The van der Waals surface area contributed by atoms with E-state index < -0.39 is 12.2 Å². The first kappa shape index (κ1) is 16.8.